The zero-order chi connectivity index (χ0) is 21.9. The minimum absolute atomic E-state index is 0.0509. The Bertz CT molecular complexity index is 857. The van der Waals surface area contributed by atoms with Crippen molar-refractivity contribution in [3.8, 4) is 0 Å². The van der Waals surface area contributed by atoms with Crippen LogP contribution in [0.15, 0.2) is 42.6 Å². The van der Waals surface area contributed by atoms with Crippen molar-refractivity contribution >= 4 is 17.4 Å². The van der Waals surface area contributed by atoms with Crippen LogP contribution in [0.1, 0.15) is 11.1 Å². The highest BCUT2D eigenvalue weighted by Crippen LogP contribution is 2.30. The van der Waals surface area contributed by atoms with E-state index in [4.69, 9.17) is 0 Å². The van der Waals surface area contributed by atoms with Crippen molar-refractivity contribution in [2.75, 3.05) is 42.9 Å². The molecule has 0 bridgehead atoms. The molecule has 1 fully saturated rings. The molecular weight excluding hydrogens is 414 g/mol. The Morgan fingerprint density at radius 2 is 1.43 bits per heavy atom. The number of rotatable bonds is 4. The van der Waals surface area contributed by atoms with Crippen LogP contribution in [0.5, 0.6) is 0 Å². The summed E-state index contributed by atoms with van der Waals surface area (Å²) in [6, 6.07) is 6.46. The first-order valence-corrected chi connectivity index (χ1v) is 9.00. The molecule has 1 aromatic heterocycles. The quantitative estimate of drug-likeness (QED) is 0.746. The van der Waals surface area contributed by atoms with Gasteiger partial charge in [0.1, 0.15) is 5.82 Å². The Morgan fingerprint density at radius 3 is 1.93 bits per heavy atom. The fourth-order valence-electron chi connectivity index (χ4n) is 3.02. The largest absolute Gasteiger partial charge is 0.417 e. The Morgan fingerprint density at radius 1 is 0.867 bits per heavy atom. The Labute approximate surface area is 168 Å². The zero-order valence-corrected chi connectivity index (χ0v) is 15.6. The third kappa shape index (κ3) is 5.62. The lowest BCUT2D eigenvalue weighted by molar-refractivity contribution is -0.138. The smallest absolute Gasteiger partial charge is 0.354 e. The number of piperazine rings is 1. The highest BCUT2D eigenvalue weighted by Gasteiger charge is 2.31. The van der Waals surface area contributed by atoms with Gasteiger partial charge in [0, 0.05) is 38.1 Å². The number of hydrogen-bond acceptors (Lipinski definition) is 4. The fourth-order valence-corrected chi connectivity index (χ4v) is 3.02. The third-order valence-electron chi connectivity index (χ3n) is 4.63. The van der Waals surface area contributed by atoms with E-state index >= 15 is 0 Å². The molecule has 1 aliphatic heterocycles. The average molecular weight is 432 g/mol. The first-order valence-electron chi connectivity index (χ1n) is 9.00. The van der Waals surface area contributed by atoms with Gasteiger partial charge in [0.2, 0.25) is 5.91 Å². The predicted molar refractivity (Wildman–Crippen MR) is 98.0 cm³/mol. The highest BCUT2D eigenvalue weighted by molar-refractivity contribution is 5.92. The molecule has 11 heteroatoms. The Kier molecular flexibility index (Phi) is 6.20. The number of carbonyl (C=O) groups excluding carboxylic acids is 1. The van der Waals surface area contributed by atoms with Gasteiger partial charge in [0.25, 0.3) is 0 Å². The van der Waals surface area contributed by atoms with E-state index in [0.29, 0.717) is 32.0 Å². The maximum absolute atomic E-state index is 12.6. The standard InChI is InChI=1S/C19H18F6N4O/c20-18(21,22)13-1-4-15(5-2-13)27-17(30)12-28-7-9-29(10-8-28)16-6-3-14(11-26-16)19(23,24)25/h1-6,11H,7-10,12H2,(H,27,30). The first-order chi connectivity index (χ1) is 14.0. The van der Waals surface area contributed by atoms with Gasteiger partial charge in [-0.25, -0.2) is 4.98 Å². The molecule has 1 aliphatic rings. The fraction of sp³-hybridized carbons (Fsp3) is 0.368. The summed E-state index contributed by atoms with van der Waals surface area (Å²) in [7, 11) is 0. The number of aromatic nitrogens is 1. The van der Waals surface area contributed by atoms with Gasteiger partial charge in [-0.1, -0.05) is 0 Å². The Hall–Kier alpha value is -2.82. The van der Waals surface area contributed by atoms with E-state index in [0.717, 1.165) is 24.4 Å². The molecule has 1 saturated heterocycles. The van der Waals surface area contributed by atoms with Crippen molar-refractivity contribution in [2.24, 2.45) is 0 Å². The minimum Gasteiger partial charge on any atom is -0.354 e. The molecular formula is C19H18F6N4O. The first kappa shape index (κ1) is 21.9. The number of pyridine rings is 1. The number of halogens is 6. The van der Waals surface area contributed by atoms with E-state index in [2.05, 4.69) is 10.3 Å². The Balaban J connectivity index is 1.48. The highest BCUT2D eigenvalue weighted by atomic mass is 19.4. The van der Waals surface area contributed by atoms with Gasteiger partial charge >= 0.3 is 12.4 Å². The van der Waals surface area contributed by atoms with Gasteiger partial charge in [-0.3, -0.25) is 9.69 Å². The lowest BCUT2D eigenvalue weighted by Crippen LogP contribution is -2.48. The molecule has 5 nitrogen and oxygen atoms in total. The maximum atomic E-state index is 12.6. The molecule has 0 spiro atoms. The number of hydrogen-bond donors (Lipinski definition) is 1. The van der Waals surface area contributed by atoms with E-state index < -0.39 is 23.5 Å². The molecule has 30 heavy (non-hydrogen) atoms. The van der Waals surface area contributed by atoms with Gasteiger partial charge in [-0.2, -0.15) is 26.3 Å². The second kappa shape index (κ2) is 8.50. The number of nitrogens with zero attached hydrogens (tertiary/aromatic N) is 3. The summed E-state index contributed by atoms with van der Waals surface area (Å²) in [5, 5.41) is 2.55. The number of amides is 1. The summed E-state index contributed by atoms with van der Waals surface area (Å²) >= 11 is 0. The van der Waals surface area contributed by atoms with Gasteiger partial charge in [0.05, 0.1) is 17.7 Å². The van der Waals surface area contributed by atoms with Crippen molar-refractivity contribution in [1.29, 1.82) is 0 Å². The van der Waals surface area contributed by atoms with Crippen LogP contribution in [0, 0.1) is 0 Å². The average Bonchev–Trinajstić information content (AvgIpc) is 2.68. The van der Waals surface area contributed by atoms with E-state index in [1.54, 1.807) is 0 Å². The van der Waals surface area contributed by atoms with Crippen molar-refractivity contribution in [2.45, 2.75) is 12.4 Å². The van der Waals surface area contributed by atoms with E-state index in [1.807, 2.05) is 9.80 Å². The summed E-state index contributed by atoms with van der Waals surface area (Å²) in [6.07, 6.45) is -8.09. The molecule has 2 aromatic rings. The molecule has 0 atom stereocenters. The molecule has 3 rings (SSSR count). The van der Waals surface area contributed by atoms with Crippen LogP contribution in [0.4, 0.5) is 37.8 Å². The second-order valence-electron chi connectivity index (χ2n) is 6.79. The molecule has 0 unspecified atom stereocenters. The summed E-state index contributed by atoms with van der Waals surface area (Å²) in [5.74, 6) is 0.0627. The second-order valence-corrected chi connectivity index (χ2v) is 6.79. The number of nitrogens with one attached hydrogen (secondary N) is 1. The summed E-state index contributed by atoms with van der Waals surface area (Å²) in [6.45, 7) is 1.99. The van der Waals surface area contributed by atoms with Crippen LogP contribution in [0.25, 0.3) is 0 Å². The van der Waals surface area contributed by atoms with Crippen LogP contribution in [-0.2, 0) is 17.1 Å². The van der Waals surface area contributed by atoms with E-state index in [-0.39, 0.29) is 18.1 Å². The number of benzene rings is 1. The topological polar surface area (TPSA) is 48.5 Å². The number of alkyl halides is 6. The molecule has 0 aliphatic carbocycles. The van der Waals surface area contributed by atoms with Crippen molar-refractivity contribution in [3.63, 3.8) is 0 Å². The van der Waals surface area contributed by atoms with Crippen LogP contribution in [0.3, 0.4) is 0 Å². The molecule has 0 radical (unpaired) electrons. The van der Waals surface area contributed by atoms with Gasteiger partial charge < -0.3 is 10.2 Å². The van der Waals surface area contributed by atoms with E-state index in [9.17, 15) is 31.1 Å². The summed E-state index contributed by atoms with van der Waals surface area (Å²) in [5.41, 5.74) is -1.35. The van der Waals surface area contributed by atoms with Gasteiger partial charge in [-0.05, 0) is 36.4 Å². The molecule has 1 N–H and O–H groups in total. The number of anilines is 2. The molecule has 2 heterocycles. The normalized spacial score (nSPS) is 15.9. The van der Waals surface area contributed by atoms with Gasteiger partial charge in [-0.15, -0.1) is 0 Å². The maximum Gasteiger partial charge on any atom is 0.417 e. The summed E-state index contributed by atoms with van der Waals surface area (Å²) in [4.78, 5) is 19.7. The molecule has 0 saturated carbocycles. The lowest BCUT2D eigenvalue weighted by Gasteiger charge is -2.35. The van der Waals surface area contributed by atoms with Crippen molar-refractivity contribution in [3.05, 3.63) is 53.7 Å². The monoisotopic (exact) mass is 432 g/mol. The van der Waals surface area contributed by atoms with E-state index in [1.165, 1.54) is 18.2 Å². The SMILES string of the molecule is O=C(CN1CCN(c2ccc(C(F)(F)F)cn2)CC1)Nc1ccc(C(F)(F)F)cc1. The van der Waals surface area contributed by atoms with Crippen LogP contribution >= 0.6 is 0 Å². The zero-order valence-electron chi connectivity index (χ0n) is 15.6. The van der Waals surface area contributed by atoms with Crippen LogP contribution in [-0.4, -0.2) is 48.5 Å². The lowest BCUT2D eigenvalue weighted by atomic mass is 10.2. The molecule has 1 amide bonds. The van der Waals surface area contributed by atoms with Crippen molar-refractivity contribution in [1.82, 2.24) is 9.88 Å². The number of carbonyl (C=O) groups is 1. The minimum atomic E-state index is -4.44. The van der Waals surface area contributed by atoms with Crippen molar-refractivity contribution < 1.29 is 31.1 Å². The molecule has 1 aromatic carbocycles. The van der Waals surface area contributed by atoms with Gasteiger partial charge in [0.15, 0.2) is 0 Å². The van der Waals surface area contributed by atoms with Crippen LogP contribution < -0.4 is 10.2 Å². The molecule has 162 valence electrons. The third-order valence-corrected chi connectivity index (χ3v) is 4.63. The predicted octanol–water partition coefficient (Wildman–Crippen LogP) is 3.88. The van der Waals surface area contributed by atoms with Crippen LogP contribution in [0.2, 0.25) is 0 Å². The summed E-state index contributed by atoms with van der Waals surface area (Å²) < 4.78 is 75.5.